The first kappa shape index (κ1) is 12.6. The number of amides is 1. The summed E-state index contributed by atoms with van der Waals surface area (Å²) in [5.41, 5.74) is 2.13. The van der Waals surface area contributed by atoms with Gasteiger partial charge in [0, 0.05) is 12.7 Å². The molecule has 1 unspecified atom stereocenters. The van der Waals surface area contributed by atoms with E-state index in [9.17, 15) is 4.79 Å². The first-order chi connectivity index (χ1) is 8.59. The van der Waals surface area contributed by atoms with Gasteiger partial charge in [0.2, 0.25) is 0 Å². The molecular weight excluding hydrogens is 250 g/mol. The number of hydrogen-bond acceptors (Lipinski definition) is 2. The summed E-state index contributed by atoms with van der Waals surface area (Å²) in [5, 5.41) is 2.69. The number of benzene rings is 1. The molecule has 0 aliphatic heterocycles. The fourth-order valence-corrected chi connectivity index (χ4v) is 1.91. The lowest BCUT2D eigenvalue weighted by Gasteiger charge is -2.12. The van der Waals surface area contributed by atoms with Crippen LogP contribution in [0.5, 0.6) is 0 Å². The van der Waals surface area contributed by atoms with Gasteiger partial charge in [-0.1, -0.05) is 18.2 Å². The standard InChI is InChI=1S/C13H14ClN3O/c1-9(14)10-5-3-4-6-11(10)16-13(18)12-7-15-8-17(12)2/h3-9H,1-2H3,(H,16,18). The largest absolute Gasteiger partial charge is 0.330 e. The summed E-state index contributed by atoms with van der Waals surface area (Å²) >= 11 is 6.08. The number of imidazole rings is 1. The van der Waals surface area contributed by atoms with Crippen LogP contribution in [0.3, 0.4) is 0 Å². The van der Waals surface area contributed by atoms with Crippen molar-refractivity contribution in [2.24, 2.45) is 7.05 Å². The molecule has 1 amide bonds. The maximum atomic E-state index is 12.1. The minimum absolute atomic E-state index is 0.159. The average Bonchev–Trinajstić information content (AvgIpc) is 2.76. The molecular formula is C13H14ClN3O. The van der Waals surface area contributed by atoms with E-state index in [0.717, 1.165) is 11.3 Å². The van der Waals surface area contributed by atoms with E-state index in [-0.39, 0.29) is 11.3 Å². The van der Waals surface area contributed by atoms with E-state index in [1.54, 1.807) is 17.9 Å². The minimum atomic E-state index is -0.195. The highest BCUT2D eigenvalue weighted by Crippen LogP contribution is 2.27. The predicted octanol–water partition coefficient (Wildman–Crippen LogP) is 2.97. The summed E-state index contributed by atoms with van der Waals surface area (Å²) in [4.78, 5) is 16.0. The Hall–Kier alpha value is -1.81. The number of carbonyl (C=O) groups excluding carboxylic acids is 1. The number of nitrogens with one attached hydrogen (secondary N) is 1. The summed E-state index contributed by atoms with van der Waals surface area (Å²) in [7, 11) is 1.78. The van der Waals surface area contributed by atoms with Gasteiger partial charge in [-0.25, -0.2) is 4.98 Å². The van der Waals surface area contributed by atoms with E-state index in [2.05, 4.69) is 10.3 Å². The molecule has 4 nitrogen and oxygen atoms in total. The van der Waals surface area contributed by atoms with Gasteiger partial charge >= 0.3 is 0 Å². The van der Waals surface area contributed by atoms with E-state index in [0.29, 0.717) is 5.69 Å². The van der Waals surface area contributed by atoms with Crippen LogP contribution in [0.2, 0.25) is 0 Å². The van der Waals surface area contributed by atoms with E-state index < -0.39 is 0 Å². The second kappa shape index (κ2) is 5.23. The highest BCUT2D eigenvalue weighted by molar-refractivity contribution is 6.21. The highest BCUT2D eigenvalue weighted by Gasteiger charge is 2.13. The van der Waals surface area contributed by atoms with E-state index in [1.807, 2.05) is 31.2 Å². The summed E-state index contributed by atoms with van der Waals surface area (Å²) in [5.74, 6) is -0.195. The molecule has 0 bridgehead atoms. The second-order valence-electron chi connectivity index (χ2n) is 4.05. The van der Waals surface area contributed by atoms with Crippen molar-refractivity contribution in [3.8, 4) is 0 Å². The Labute approximate surface area is 111 Å². The van der Waals surface area contributed by atoms with E-state index in [4.69, 9.17) is 11.6 Å². The van der Waals surface area contributed by atoms with Crippen LogP contribution in [0.25, 0.3) is 0 Å². The lowest BCUT2D eigenvalue weighted by atomic mass is 10.1. The molecule has 1 aromatic carbocycles. The van der Waals surface area contributed by atoms with Gasteiger partial charge in [-0.05, 0) is 18.6 Å². The molecule has 0 radical (unpaired) electrons. The molecule has 2 aromatic rings. The van der Waals surface area contributed by atoms with Crippen molar-refractivity contribution in [1.29, 1.82) is 0 Å². The number of nitrogens with zero attached hydrogens (tertiary/aromatic N) is 2. The molecule has 1 heterocycles. The molecule has 0 aliphatic rings. The summed E-state index contributed by atoms with van der Waals surface area (Å²) in [6.45, 7) is 1.87. The Morgan fingerprint density at radius 1 is 1.44 bits per heavy atom. The molecule has 5 heteroatoms. The smallest absolute Gasteiger partial charge is 0.273 e. The van der Waals surface area contributed by atoms with Gasteiger partial charge in [-0.15, -0.1) is 11.6 Å². The number of anilines is 1. The summed E-state index contributed by atoms with van der Waals surface area (Å²) in [6.07, 6.45) is 3.12. The van der Waals surface area contributed by atoms with Crippen molar-refractivity contribution in [2.45, 2.75) is 12.3 Å². The monoisotopic (exact) mass is 263 g/mol. The third-order valence-corrected chi connectivity index (χ3v) is 2.92. The number of aromatic nitrogens is 2. The second-order valence-corrected chi connectivity index (χ2v) is 4.70. The van der Waals surface area contributed by atoms with Crippen LogP contribution in [0.1, 0.15) is 28.4 Å². The molecule has 0 saturated carbocycles. The third kappa shape index (κ3) is 2.54. The molecule has 1 atom stereocenters. The fourth-order valence-electron chi connectivity index (χ4n) is 1.72. The summed E-state index contributed by atoms with van der Waals surface area (Å²) < 4.78 is 1.67. The lowest BCUT2D eigenvalue weighted by molar-refractivity contribution is 0.101. The van der Waals surface area contributed by atoms with Crippen LogP contribution in [-0.4, -0.2) is 15.5 Å². The van der Waals surface area contributed by atoms with Crippen LogP contribution < -0.4 is 5.32 Å². The molecule has 2 rings (SSSR count). The number of aryl methyl sites for hydroxylation is 1. The van der Waals surface area contributed by atoms with Gasteiger partial charge in [-0.3, -0.25) is 4.79 Å². The zero-order valence-electron chi connectivity index (χ0n) is 10.2. The maximum absolute atomic E-state index is 12.1. The number of alkyl halides is 1. The Kier molecular flexibility index (Phi) is 3.67. The van der Waals surface area contributed by atoms with Gasteiger partial charge in [-0.2, -0.15) is 0 Å². The van der Waals surface area contributed by atoms with Crippen molar-refractivity contribution in [2.75, 3.05) is 5.32 Å². The van der Waals surface area contributed by atoms with Crippen molar-refractivity contribution in [1.82, 2.24) is 9.55 Å². The van der Waals surface area contributed by atoms with Crippen molar-refractivity contribution in [3.63, 3.8) is 0 Å². The first-order valence-electron chi connectivity index (χ1n) is 5.60. The third-order valence-electron chi connectivity index (χ3n) is 2.69. The lowest BCUT2D eigenvalue weighted by Crippen LogP contribution is -2.16. The molecule has 1 aromatic heterocycles. The molecule has 1 N–H and O–H groups in total. The number of para-hydroxylation sites is 1. The molecule has 0 fully saturated rings. The minimum Gasteiger partial charge on any atom is -0.330 e. The molecule has 18 heavy (non-hydrogen) atoms. The van der Waals surface area contributed by atoms with Crippen molar-refractivity contribution in [3.05, 3.63) is 48.0 Å². The zero-order valence-corrected chi connectivity index (χ0v) is 11.0. The van der Waals surface area contributed by atoms with E-state index in [1.165, 1.54) is 6.20 Å². The topological polar surface area (TPSA) is 46.9 Å². The van der Waals surface area contributed by atoms with E-state index >= 15 is 0 Å². The fraction of sp³-hybridized carbons (Fsp3) is 0.231. The summed E-state index contributed by atoms with van der Waals surface area (Å²) in [6, 6.07) is 7.49. The van der Waals surface area contributed by atoms with Gasteiger partial charge in [0.1, 0.15) is 5.69 Å². The molecule has 94 valence electrons. The van der Waals surface area contributed by atoms with Crippen molar-refractivity contribution >= 4 is 23.2 Å². The van der Waals surface area contributed by atoms with Gasteiger partial charge < -0.3 is 9.88 Å². The van der Waals surface area contributed by atoms with Crippen LogP contribution in [0, 0.1) is 0 Å². The van der Waals surface area contributed by atoms with Crippen LogP contribution in [-0.2, 0) is 7.05 Å². The average molecular weight is 264 g/mol. The number of halogens is 1. The molecule has 0 aliphatic carbocycles. The van der Waals surface area contributed by atoms with Gasteiger partial charge in [0.25, 0.3) is 5.91 Å². The van der Waals surface area contributed by atoms with Crippen LogP contribution in [0.4, 0.5) is 5.69 Å². The van der Waals surface area contributed by atoms with Crippen molar-refractivity contribution < 1.29 is 4.79 Å². The van der Waals surface area contributed by atoms with Gasteiger partial charge in [0.05, 0.1) is 17.9 Å². The number of hydrogen-bond donors (Lipinski definition) is 1. The normalized spacial score (nSPS) is 12.2. The highest BCUT2D eigenvalue weighted by atomic mass is 35.5. The molecule has 0 saturated heterocycles. The first-order valence-corrected chi connectivity index (χ1v) is 6.04. The van der Waals surface area contributed by atoms with Gasteiger partial charge in [0.15, 0.2) is 0 Å². The Balaban J connectivity index is 2.25. The Morgan fingerprint density at radius 3 is 2.78 bits per heavy atom. The Morgan fingerprint density at radius 2 is 2.17 bits per heavy atom. The zero-order chi connectivity index (χ0) is 13.1. The SMILES string of the molecule is CC(Cl)c1ccccc1NC(=O)c1cncn1C. The number of rotatable bonds is 3. The molecule has 0 spiro atoms. The van der Waals surface area contributed by atoms with Crippen LogP contribution in [0.15, 0.2) is 36.8 Å². The predicted molar refractivity (Wildman–Crippen MR) is 71.9 cm³/mol. The van der Waals surface area contributed by atoms with Crippen LogP contribution >= 0.6 is 11.6 Å². The Bertz CT molecular complexity index is 563. The quantitative estimate of drug-likeness (QED) is 0.866. The number of carbonyl (C=O) groups is 1. The maximum Gasteiger partial charge on any atom is 0.273 e.